The van der Waals surface area contributed by atoms with E-state index in [1.165, 1.54) is 25.0 Å². The van der Waals surface area contributed by atoms with E-state index in [-0.39, 0.29) is 11.9 Å². The molecule has 2 aromatic carbocycles. The Morgan fingerprint density at radius 1 is 1.12 bits per heavy atom. The summed E-state index contributed by atoms with van der Waals surface area (Å²) < 4.78 is 27.2. The van der Waals surface area contributed by atoms with Crippen LogP contribution in [0.4, 0.5) is 4.39 Å². The molecule has 6 nitrogen and oxygen atoms in total. The molecule has 1 atom stereocenters. The lowest BCUT2D eigenvalue weighted by Crippen LogP contribution is -2.36. The molecule has 0 bridgehead atoms. The SMILES string of the molecule is Cc1nn(-c2ccccc2)c(Oc2ccc(F)cc2)c1CN(CC1CC1)C[C@@H](O)COC(C)C. The van der Waals surface area contributed by atoms with E-state index in [0.29, 0.717) is 37.2 Å². The Balaban J connectivity index is 1.62. The number of ether oxygens (including phenoxy) is 2. The highest BCUT2D eigenvalue weighted by molar-refractivity contribution is 5.43. The van der Waals surface area contributed by atoms with Gasteiger partial charge in [0.15, 0.2) is 0 Å². The molecule has 0 spiro atoms. The lowest BCUT2D eigenvalue weighted by molar-refractivity contribution is -0.0101. The summed E-state index contributed by atoms with van der Waals surface area (Å²) in [4.78, 5) is 2.27. The van der Waals surface area contributed by atoms with Gasteiger partial charge in [0, 0.05) is 19.6 Å². The maximum atomic E-state index is 13.5. The maximum Gasteiger partial charge on any atom is 0.227 e. The molecule has 1 N–H and O–H groups in total. The van der Waals surface area contributed by atoms with Crippen molar-refractivity contribution in [2.24, 2.45) is 5.92 Å². The van der Waals surface area contributed by atoms with Gasteiger partial charge in [-0.25, -0.2) is 9.07 Å². The number of halogens is 1. The second-order valence-electron chi connectivity index (χ2n) is 9.35. The van der Waals surface area contributed by atoms with E-state index in [4.69, 9.17) is 14.6 Å². The molecular formula is C27H34FN3O3. The van der Waals surface area contributed by atoms with E-state index in [9.17, 15) is 9.50 Å². The van der Waals surface area contributed by atoms with Crippen LogP contribution in [0.15, 0.2) is 54.6 Å². The van der Waals surface area contributed by atoms with Crippen LogP contribution in [-0.2, 0) is 11.3 Å². The summed E-state index contributed by atoms with van der Waals surface area (Å²) in [5, 5.41) is 15.4. The smallest absolute Gasteiger partial charge is 0.227 e. The molecule has 1 aliphatic rings. The van der Waals surface area contributed by atoms with Gasteiger partial charge in [-0.3, -0.25) is 4.90 Å². The molecule has 1 saturated carbocycles. The van der Waals surface area contributed by atoms with Crippen LogP contribution in [0.3, 0.4) is 0 Å². The van der Waals surface area contributed by atoms with Gasteiger partial charge in [0.1, 0.15) is 11.6 Å². The summed E-state index contributed by atoms with van der Waals surface area (Å²) in [6, 6.07) is 15.8. The van der Waals surface area contributed by atoms with Crippen molar-refractivity contribution in [1.82, 2.24) is 14.7 Å². The average molecular weight is 468 g/mol. The van der Waals surface area contributed by atoms with Gasteiger partial charge >= 0.3 is 0 Å². The Morgan fingerprint density at radius 2 is 1.82 bits per heavy atom. The zero-order valence-corrected chi connectivity index (χ0v) is 20.2. The quantitative estimate of drug-likeness (QED) is 0.401. The fourth-order valence-corrected chi connectivity index (χ4v) is 3.93. The van der Waals surface area contributed by atoms with E-state index in [2.05, 4.69) is 4.90 Å². The normalized spacial score (nSPS) is 14.7. The zero-order valence-electron chi connectivity index (χ0n) is 20.2. The molecule has 4 rings (SSSR count). The molecule has 1 aromatic heterocycles. The lowest BCUT2D eigenvalue weighted by atomic mass is 10.2. The van der Waals surface area contributed by atoms with Gasteiger partial charge in [0.05, 0.1) is 35.8 Å². The number of para-hydroxylation sites is 1. The van der Waals surface area contributed by atoms with Crippen LogP contribution in [0, 0.1) is 18.7 Å². The molecule has 1 heterocycles. The van der Waals surface area contributed by atoms with Crippen molar-refractivity contribution < 1.29 is 19.0 Å². The Morgan fingerprint density at radius 3 is 2.47 bits per heavy atom. The number of aromatic nitrogens is 2. The highest BCUT2D eigenvalue weighted by atomic mass is 19.1. The first-order chi connectivity index (χ1) is 16.4. The molecule has 0 amide bonds. The topological polar surface area (TPSA) is 59.8 Å². The van der Waals surface area contributed by atoms with Crippen molar-refractivity contribution in [2.75, 3.05) is 19.7 Å². The first-order valence-electron chi connectivity index (χ1n) is 12.0. The summed E-state index contributed by atoms with van der Waals surface area (Å²) in [5.74, 6) is 1.49. The van der Waals surface area contributed by atoms with Gasteiger partial charge in [-0.15, -0.1) is 0 Å². The van der Waals surface area contributed by atoms with E-state index < -0.39 is 6.10 Å². The highest BCUT2D eigenvalue weighted by Gasteiger charge is 2.28. The Hall–Kier alpha value is -2.74. The minimum atomic E-state index is -0.577. The van der Waals surface area contributed by atoms with Crippen molar-refractivity contribution >= 4 is 0 Å². The predicted octanol–water partition coefficient (Wildman–Crippen LogP) is 5.11. The van der Waals surface area contributed by atoms with Crippen molar-refractivity contribution in [1.29, 1.82) is 0 Å². The van der Waals surface area contributed by atoms with Crippen LogP contribution in [0.1, 0.15) is 37.9 Å². The second-order valence-corrected chi connectivity index (χ2v) is 9.35. The number of aliphatic hydroxyl groups is 1. The van der Waals surface area contributed by atoms with Crippen LogP contribution in [0.25, 0.3) is 5.69 Å². The molecule has 182 valence electrons. The molecule has 0 aliphatic heterocycles. The number of hydrogen-bond donors (Lipinski definition) is 1. The summed E-state index contributed by atoms with van der Waals surface area (Å²) in [6.45, 7) is 8.22. The second kappa shape index (κ2) is 11.1. The number of rotatable bonds is 12. The maximum absolute atomic E-state index is 13.5. The average Bonchev–Trinajstić information content (AvgIpc) is 3.59. The van der Waals surface area contributed by atoms with Gasteiger partial charge in [-0.05, 0) is 75.9 Å². The molecule has 3 aromatic rings. The van der Waals surface area contributed by atoms with Gasteiger partial charge in [0.2, 0.25) is 5.88 Å². The Bertz CT molecular complexity index is 1050. The standard InChI is InChI=1S/C27H34FN3O3/c1-19(2)33-18-24(32)16-30(15-21-9-10-21)17-26-20(3)29-31(23-7-5-4-6-8-23)27(26)34-25-13-11-22(28)12-14-25/h4-8,11-14,19,21,24,32H,9-10,15-18H2,1-3H3/t24-/m1/s1. The number of nitrogens with zero attached hydrogens (tertiary/aromatic N) is 3. The van der Waals surface area contributed by atoms with Crippen LogP contribution in [0.5, 0.6) is 11.6 Å². The summed E-state index contributed by atoms with van der Waals surface area (Å²) in [5.41, 5.74) is 2.69. The van der Waals surface area contributed by atoms with Crippen molar-refractivity contribution in [3.05, 3.63) is 71.7 Å². The number of aryl methyl sites for hydroxylation is 1. The van der Waals surface area contributed by atoms with E-state index >= 15 is 0 Å². The van der Waals surface area contributed by atoms with E-state index in [1.807, 2.05) is 51.1 Å². The minimum absolute atomic E-state index is 0.0774. The molecule has 34 heavy (non-hydrogen) atoms. The molecule has 0 radical (unpaired) electrons. The lowest BCUT2D eigenvalue weighted by Gasteiger charge is -2.26. The molecule has 1 fully saturated rings. The highest BCUT2D eigenvalue weighted by Crippen LogP contribution is 2.34. The third kappa shape index (κ3) is 6.65. The number of aliphatic hydroxyl groups excluding tert-OH is 1. The third-order valence-corrected chi connectivity index (χ3v) is 5.85. The first kappa shape index (κ1) is 24.4. The van der Waals surface area contributed by atoms with E-state index in [0.717, 1.165) is 23.5 Å². The number of hydrogen-bond acceptors (Lipinski definition) is 5. The molecule has 0 unspecified atom stereocenters. The van der Waals surface area contributed by atoms with Gasteiger partial charge < -0.3 is 14.6 Å². The first-order valence-corrected chi connectivity index (χ1v) is 12.0. The predicted molar refractivity (Wildman–Crippen MR) is 130 cm³/mol. The third-order valence-electron chi connectivity index (χ3n) is 5.85. The molecule has 1 aliphatic carbocycles. The van der Waals surface area contributed by atoms with E-state index in [1.54, 1.807) is 16.8 Å². The summed E-state index contributed by atoms with van der Waals surface area (Å²) in [6.07, 6.45) is 1.94. The molecule has 7 heteroatoms. The summed E-state index contributed by atoms with van der Waals surface area (Å²) in [7, 11) is 0. The van der Waals surface area contributed by atoms with Crippen molar-refractivity contribution in [3.8, 4) is 17.3 Å². The van der Waals surface area contributed by atoms with Gasteiger partial charge in [0.25, 0.3) is 0 Å². The van der Waals surface area contributed by atoms with Crippen LogP contribution < -0.4 is 4.74 Å². The largest absolute Gasteiger partial charge is 0.439 e. The van der Waals surface area contributed by atoms with Crippen LogP contribution >= 0.6 is 0 Å². The molecule has 0 saturated heterocycles. The van der Waals surface area contributed by atoms with Crippen LogP contribution in [0.2, 0.25) is 0 Å². The molecular weight excluding hydrogens is 433 g/mol. The van der Waals surface area contributed by atoms with Crippen molar-refractivity contribution in [3.63, 3.8) is 0 Å². The Kier molecular flexibility index (Phi) is 7.98. The van der Waals surface area contributed by atoms with Gasteiger partial charge in [-0.2, -0.15) is 5.10 Å². The minimum Gasteiger partial charge on any atom is -0.439 e. The van der Waals surface area contributed by atoms with Crippen molar-refractivity contribution in [2.45, 2.75) is 52.4 Å². The fourth-order valence-electron chi connectivity index (χ4n) is 3.93. The summed E-state index contributed by atoms with van der Waals surface area (Å²) >= 11 is 0. The monoisotopic (exact) mass is 467 g/mol. The number of benzene rings is 2. The Labute approximate surface area is 200 Å². The van der Waals surface area contributed by atoms with Crippen LogP contribution in [-0.4, -0.2) is 51.7 Å². The fraction of sp³-hybridized carbons (Fsp3) is 0.444. The van der Waals surface area contributed by atoms with Gasteiger partial charge in [-0.1, -0.05) is 18.2 Å². The zero-order chi connectivity index (χ0) is 24.1.